The van der Waals surface area contributed by atoms with E-state index in [1.165, 1.54) is 0 Å². The summed E-state index contributed by atoms with van der Waals surface area (Å²) in [5.74, 6) is -0.627. The van der Waals surface area contributed by atoms with Crippen molar-refractivity contribution in [2.24, 2.45) is 0 Å². The third kappa shape index (κ3) is 3.87. The van der Waals surface area contributed by atoms with E-state index in [-0.39, 0.29) is 12.1 Å². The van der Waals surface area contributed by atoms with Gasteiger partial charge < -0.3 is 15.4 Å². The first-order chi connectivity index (χ1) is 8.04. The highest BCUT2D eigenvalue weighted by Crippen LogP contribution is 1.94. The fraction of sp³-hybridized carbons (Fsp3) is 0.500. The minimum Gasteiger partial charge on any atom is -0.391 e. The fourth-order valence-electron chi connectivity index (χ4n) is 1.32. The molecule has 1 aromatic heterocycles. The van der Waals surface area contributed by atoms with Crippen molar-refractivity contribution in [3.05, 3.63) is 32.6 Å². The lowest BCUT2D eigenvalue weighted by Crippen LogP contribution is -2.37. The second-order valence-corrected chi connectivity index (χ2v) is 3.64. The molecule has 0 aliphatic carbocycles. The number of rotatable bonds is 5. The van der Waals surface area contributed by atoms with Crippen molar-refractivity contribution >= 4 is 5.91 Å². The van der Waals surface area contributed by atoms with Crippen molar-refractivity contribution in [1.29, 1.82) is 0 Å². The molecular formula is C10H15N3O4. The number of hydrogen-bond donors (Lipinski definition) is 4. The molecule has 0 saturated heterocycles. The topological polar surface area (TPSA) is 115 Å². The van der Waals surface area contributed by atoms with E-state index < -0.39 is 23.3 Å². The van der Waals surface area contributed by atoms with E-state index in [1.54, 1.807) is 0 Å². The largest absolute Gasteiger partial charge is 0.391 e. The summed E-state index contributed by atoms with van der Waals surface area (Å²) in [7, 11) is 0. The first-order valence-electron chi connectivity index (χ1n) is 5.33. The molecule has 0 aliphatic rings. The number of aromatic nitrogens is 2. The van der Waals surface area contributed by atoms with E-state index in [0.29, 0.717) is 6.42 Å². The Labute approximate surface area is 96.9 Å². The van der Waals surface area contributed by atoms with Gasteiger partial charge in [0, 0.05) is 12.7 Å². The van der Waals surface area contributed by atoms with E-state index in [9.17, 15) is 19.5 Å². The molecule has 0 saturated carbocycles. The molecule has 1 amide bonds. The van der Waals surface area contributed by atoms with E-state index in [4.69, 9.17) is 0 Å². The van der Waals surface area contributed by atoms with Crippen molar-refractivity contribution in [3.63, 3.8) is 0 Å². The average Bonchev–Trinajstić information content (AvgIpc) is 2.26. The second-order valence-electron chi connectivity index (χ2n) is 3.64. The smallest absolute Gasteiger partial charge is 0.325 e. The highest BCUT2D eigenvalue weighted by Gasteiger charge is 2.12. The van der Waals surface area contributed by atoms with E-state index in [1.807, 2.05) is 11.9 Å². The molecule has 1 unspecified atom stereocenters. The van der Waals surface area contributed by atoms with Crippen LogP contribution in [0.1, 0.15) is 30.1 Å². The Kier molecular flexibility index (Phi) is 4.65. The normalized spacial score (nSPS) is 12.1. The number of aliphatic hydroxyl groups is 1. The number of aliphatic hydroxyl groups excluding tert-OH is 1. The lowest BCUT2D eigenvalue weighted by Gasteiger charge is -2.09. The molecule has 7 nitrogen and oxygen atoms in total. The van der Waals surface area contributed by atoms with Gasteiger partial charge in [-0.25, -0.2) is 4.79 Å². The molecule has 1 rings (SSSR count). The van der Waals surface area contributed by atoms with E-state index >= 15 is 0 Å². The minimum atomic E-state index is -0.753. The van der Waals surface area contributed by atoms with Gasteiger partial charge in [0.2, 0.25) is 0 Å². The molecule has 1 atom stereocenters. The number of carbonyl (C=O) groups excluding carboxylic acids is 1. The van der Waals surface area contributed by atoms with Gasteiger partial charge in [-0.15, -0.1) is 0 Å². The van der Waals surface area contributed by atoms with E-state index in [0.717, 1.165) is 12.6 Å². The van der Waals surface area contributed by atoms with Crippen LogP contribution in [-0.2, 0) is 0 Å². The third-order valence-corrected chi connectivity index (χ3v) is 2.18. The van der Waals surface area contributed by atoms with Gasteiger partial charge in [-0.2, -0.15) is 0 Å². The summed E-state index contributed by atoms with van der Waals surface area (Å²) in [5, 5.41) is 11.8. The van der Waals surface area contributed by atoms with E-state index in [2.05, 4.69) is 10.3 Å². The summed E-state index contributed by atoms with van der Waals surface area (Å²) in [6.07, 6.45) is 1.78. The summed E-state index contributed by atoms with van der Waals surface area (Å²) >= 11 is 0. The summed E-state index contributed by atoms with van der Waals surface area (Å²) < 4.78 is 0. The van der Waals surface area contributed by atoms with Crippen LogP contribution in [0.2, 0.25) is 0 Å². The average molecular weight is 241 g/mol. The second kappa shape index (κ2) is 6.00. The van der Waals surface area contributed by atoms with Crippen molar-refractivity contribution < 1.29 is 9.90 Å². The van der Waals surface area contributed by atoms with Crippen molar-refractivity contribution in [2.75, 3.05) is 6.54 Å². The Bertz CT molecular complexity index is 491. The van der Waals surface area contributed by atoms with Gasteiger partial charge in [0.1, 0.15) is 5.56 Å². The molecule has 0 aromatic carbocycles. The number of carbonyl (C=O) groups is 1. The zero-order valence-electron chi connectivity index (χ0n) is 9.45. The Morgan fingerprint density at radius 1 is 1.53 bits per heavy atom. The predicted molar refractivity (Wildman–Crippen MR) is 60.9 cm³/mol. The Hall–Kier alpha value is -1.89. The molecule has 0 spiro atoms. The maximum atomic E-state index is 11.5. The van der Waals surface area contributed by atoms with Crippen LogP contribution in [0, 0.1) is 0 Å². The third-order valence-electron chi connectivity index (χ3n) is 2.18. The maximum absolute atomic E-state index is 11.5. The van der Waals surface area contributed by atoms with Crippen LogP contribution in [0.25, 0.3) is 0 Å². The highest BCUT2D eigenvalue weighted by molar-refractivity contribution is 5.93. The molecule has 1 heterocycles. The summed E-state index contributed by atoms with van der Waals surface area (Å²) in [4.78, 5) is 37.7. The molecule has 0 bridgehead atoms. The van der Waals surface area contributed by atoms with Gasteiger partial charge >= 0.3 is 5.69 Å². The Balaban J connectivity index is 2.64. The zero-order chi connectivity index (χ0) is 12.8. The summed E-state index contributed by atoms with van der Waals surface area (Å²) in [5.41, 5.74) is -1.61. The molecule has 17 heavy (non-hydrogen) atoms. The number of aromatic amines is 2. The molecule has 0 fully saturated rings. The SMILES string of the molecule is CCCC(O)CNC(=O)c1c[nH]c(=O)[nH]c1=O. The van der Waals surface area contributed by atoms with Crippen LogP contribution in [0.4, 0.5) is 0 Å². The predicted octanol–water partition coefficient (Wildman–Crippen LogP) is -1.05. The maximum Gasteiger partial charge on any atom is 0.325 e. The number of nitrogens with one attached hydrogen (secondary N) is 3. The molecule has 0 aliphatic heterocycles. The lowest BCUT2D eigenvalue weighted by molar-refractivity contribution is 0.0908. The highest BCUT2D eigenvalue weighted by atomic mass is 16.3. The molecule has 94 valence electrons. The van der Waals surface area contributed by atoms with Gasteiger partial charge in [-0.05, 0) is 6.42 Å². The van der Waals surface area contributed by atoms with Crippen LogP contribution in [0.5, 0.6) is 0 Å². The first kappa shape index (κ1) is 13.2. The molecule has 1 aromatic rings. The monoisotopic (exact) mass is 241 g/mol. The van der Waals surface area contributed by atoms with Crippen molar-refractivity contribution in [2.45, 2.75) is 25.9 Å². The standard InChI is InChI=1S/C10H15N3O4/c1-2-3-6(14)4-11-8(15)7-5-12-10(17)13-9(7)16/h5-6,14H,2-4H2,1H3,(H,11,15)(H2,12,13,16,17). The zero-order valence-corrected chi connectivity index (χ0v) is 9.45. The fourth-order valence-corrected chi connectivity index (χ4v) is 1.32. The summed E-state index contributed by atoms with van der Waals surface area (Å²) in [6.45, 7) is 1.99. The van der Waals surface area contributed by atoms with Gasteiger partial charge in [0.25, 0.3) is 11.5 Å². The van der Waals surface area contributed by atoms with Crippen LogP contribution >= 0.6 is 0 Å². The van der Waals surface area contributed by atoms with Crippen LogP contribution < -0.4 is 16.6 Å². The van der Waals surface area contributed by atoms with Crippen molar-refractivity contribution in [1.82, 2.24) is 15.3 Å². The Morgan fingerprint density at radius 2 is 2.24 bits per heavy atom. The van der Waals surface area contributed by atoms with Gasteiger partial charge in [0.15, 0.2) is 0 Å². The Morgan fingerprint density at radius 3 is 2.82 bits per heavy atom. The quantitative estimate of drug-likeness (QED) is 0.526. The van der Waals surface area contributed by atoms with Crippen LogP contribution in [0.3, 0.4) is 0 Å². The molecular weight excluding hydrogens is 226 g/mol. The van der Waals surface area contributed by atoms with Gasteiger partial charge in [-0.1, -0.05) is 13.3 Å². The molecule has 7 heteroatoms. The number of amides is 1. The van der Waals surface area contributed by atoms with Crippen LogP contribution in [-0.4, -0.2) is 33.6 Å². The van der Waals surface area contributed by atoms with Crippen LogP contribution in [0.15, 0.2) is 15.8 Å². The van der Waals surface area contributed by atoms with Gasteiger partial charge in [-0.3, -0.25) is 14.6 Å². The lowest BCUT2D eigenvalue weighted by atomic mass is 10.2. The number of H-pyrrole nitrogens is 2. The molecule has 4 N–H and O–H groups in total. The van der Waals surface area contributed by atoms with Gasteiger partial charge in [0.05, 0.1) is 6.10 Å². The summed E-state index contributed by atoms with van der Waals surface area (Å²) in [6, 6.07) is 0. The molecule has 0 radical (unpaired) electrons. The minimum absolute atomic E-state index is 0.0746. The first-order valence-corrected chi connectivity index (χ1v) is 5.33. The number of hydrogen-bond acceptors (Lipinski definition) is 4. The van der Waals surface area contributed by atoms with Crippen molar-refractivity contribution in [3.8, 4) is 0 Å².